The third-order valence-electron chi connectivity index (χ3n) is 4.42. The van der Waals surface area contributed by atoms with Crippen molar-refractivity contribution in [3.63, 3.8) is 0 Å². The van der Waals surface area contributed by atoms with Crippen molar-refractivity contribution in [3.05, 3.63) is 63.2 Å². The standard InChI is InChI=1S/C21H22N2O4S/c1-14-13-28-21(25)23(14)11-10-20(24)22-16-6-9-19(27-3)18(12-16)15-4-7-17(26-2)8-5-15/h4-9,12-13H,10-11H2,1-3H3,(H,22,24). The van der Waals surface area contributed by atoms with Crippen LogP contribution in [-0.4, -0.2) is 24.7 Å². The first-order valence-electron chi connectivity index (χ1n) is 8.79. The van der Waals surface area contributed by atoms with Crippen LogP contribution in [0.25, 0.3) is 11.1 Å². The average molecular weight is 398 g/mol. The summed E-state index contributed by atoms with van der Waals surface area (Å²) in [7, 11) is 3.24. The monoisotopic (exact) mass is 398 g/mol. The van der Waals surface area contributed by atoms with E-state index in [0.29, 0.717) is 18.0 Å². The summed E-state index contributed by atoms with van der Waals surface area (Å²) in [5, 5.41) is 4.69. The number of carbonyl (C=O) groups is 1. The average Bonchev–Trinajstić information content (AvgIpc) is 3.04. The zero-order valence-corrected chi connectivity index (χ0v) is 16.8. The van der Waals surface area contributed by atoms with E-state index in [1.807, 2.05) is 43.3 Å². The van der Waals surface area contributed by atoms with Gasteiger partial charge in [0.1, 0.15) is 11.5 Å². The Morgan fingerprint density at radius 3 is 2.46 bits per heavy atom. The van der Waals surface area contributed by atoms with Crippen molar-refractivity contribution in [1.82, 2.24) is 4.57 Å². The molecule has 0 saturated heterocycles. The highest BCUT2D eigenvalue weighted by molar-refractivity contribution is 7.07. The molecule has 2 aromatic carbocycles. The number of ether oxygens (including phenoxy) is 2. The Labute approximate surface area is 167 Å². The van der Waals surface area contributed by atoms with E-state index in [4.69, 9.17) is 9.47 Å². The molecule has 1 heterocycles. The number of anilines is 1. The molecule has 7 heteroatoms. The van der Waals surface area contributed by atoms with Crippen molar-refractivity contribution in [1.29, 1.82) is 0 Å². The molecule has 0 aliphatic heterocycles. The number of amides is 1. The van der Waals surface area contributed by atoms with Crippen LogP contribution in [0, 0.1) is 6.92 Å². The predicted molar refractivity (Wildman–Crippen MR) is 112 cm³/mol. The second-order valence-corrected chi connectivity index (χ2v) is 7.06. The van der Waals surface area contributed by atoms with Gasteiger partial charge in [0, 0.05) is 35.3 Å². The van der Waals surface area contributed by atoms with Crippen molar-refractivity contribution >= 4 is 22.9 Å². The van der Waals surface area contributed by atoms with Crippen molar-refractivity contribution in [2.24, 2.45) is 0 Å². The maximum absolute atomic E-state index is 12.3. The van der Waals surface area contributed by atoms with Crippen LogP contribution in [0.3, 0.4) is 0 Å². The largest absolute Gasteiger partial charge is 0.497 e. The van der Waals surface area contributed by atoms with Crippen LogP contribution < -0.4 is 19.7 Å². The molecule has 28 heavy (non-hydrogen) atoms. The second-order valence-electron chi connectivity index (χ2n) is 6.24. The van der Waals surface area contributed by atoms with Crippen LogP contribution >= 0.6 is 11.3 Å². The van der Waals surface area contributed by atoms with E-state index >= 15 is 0 Å². The summed E-state index contributed by atoms with van der Waals surface area (Å²) in [6.45, 7) is 2.22. The molecular formula is C21H22N2O4S. The molecule has 0 bridgehead atoms. The molecule has 3 rings (SSSR count). The highest BCUT2D eigenvalue weighted by Gasteiger charge is 2.11. The number of aryl methyl sites for hydroxylation is 1. The van der Waals surface area contributed by atoms with Gasteiger partial charge in [-0.05, 0) is 42.8 Å². The molecule has 1 aromatic heterocycles. The number of carbonyl (C=O) groups excluding carboxylic acids is 1. The third kappa shape index (κ3) is 4.43. The quantitative estimate of drug-likeness (QED) is 0.655. The SMILES string of the molecule is COc1ccc(-c2cc(NC(=O)CCn3c(C)csc3=O)ccc2OC)cc1. The van der Waals surface area contributed by atoms with Crippen LogP contribution in [0.1, 0.15) is 12.1 Å². The minimum absolute atomic E-state index is 0.0449. The van der Waals surface area contributed by atoms with Gasteiger partial charge >= 0.3 is 4.87 Å². The number of hydrogen-bond acceptors (Lipinski definition) is 5. The number of nitrogens with zero attached hydrogens (tertiary/aromatic N) is 1. The molecule has 0 saturated carbocycles. The number of benzene rings is 2. The fourth-order valence-electron chi connectivity index (χ4n) is 2.89. The number of aromatic nitrogens is 1. The van der Waals surface area contributed by atoms with Crippen LogP contribution in [-0.2, 0) is 11.3 Å². The minimum Gasteiger partial charge on any atom is -0.497 e. The third-order valence-corrected chi connectivity index (χ3v) is 5.30. The van der Waals surface area contributed by atoms with E-state index in [1.165, 1.54) is 0 Å². The van der Waals surface area contributed by atoms with Gasteiger partial charge in [0.25, 0.3) is 0 Å². The molecule has 0 fully saturated rings. The Balaban J connectivity index is 1.75. The summed E-state index contributed by atoms with van der Waals surface area (Å²) in [5.41, 5.74) is 3.36. The maximum atomic E-state index is 12.3. The number of methoxy groups -OCH3 is 2. The van der Waals surface area contributed by atoms with Crippen LogP contribution in [0.5, 0.6) is 11.5 Å². The Morgan fingerprint density at radius 1 is 1.11 bits per heavy atom. The smallest absolute Gasteiger partial charge is 0.307 e. The van der Waals surface area contributed by atoms with Gasteiger partial charge < -0.3 is 19.4 Å². The first-order valence-corrected chi connectivity index (χ1v) is 9.67. The zero-order chi connectivity index (χ0) is 20.1. The van der Waals surface area contributed by atoms with E-state index in [2.05, 4.69) is 5.32 Å². The molecule has 0 atom stereocenters. The van der Waals surface area contributed by atoms with Gasteiger partial charge in [-0.25, -0.2) is 0 Å². The van der Waals surface area contributed by atoms with Gasteiger partial charge in [0.05, 0.1) is 14.2 Å². The van der Waals surface area contributed by atoms with E-state index in [-0.39, 0.29) is 17.2 Å². The molecule has 0 aliphatic rings. The van der Waals surface area contributed by atoms with E-state index < -0.39 is 0 Å². The van der Waals surface area contributed by atoms with Crippen molar-refractivity contribution in [2.45, 2.75) is 19.9 Å². The minimum atomic E-state index is -0.150. The first-order chi connectivity index (χ1) is 13.5. The lowest BCUT2D eigenvalue weighted by Crippen LogP contribution is -2.20. The Hall–Kier alpha value is -3.06. The number of rotatable bonds is 7. The highest BCUT2D eigenvalue weighted by atomic mass is 32.1. The summed E-state index contributed by atoms with van der Waals surface area (Å²) in [6, 6.07) is 13.1. The summed E-state index contributed by atoms with van der Waals surface area (Å²) in [5.74, 6) is 1.33. The Kier molecular flexibility index (Phi) is 6.16. The van der Waals surface area contributed by atoms with Crippen LogP contribution in [0.4, 0.5) is 5.69 Å². The van der Waals surface area contributed by atoms with Gasteiger partial charge in [-0.3, -0.25) is 9.59 Å². The molecule has 1 N–H and O–H groups in total. The normalized spacial score (nSPS) is 10.5. The molecule has 0 spiro atoms. The Morgan fingerprint density at radius 2 is 1.86 bits per heavy atom. The van der Waals surface area contributed by atoms with E-state index in [1.54, 1.807) is 30.2 Å². The van der Waals surface area contributed by atoms with Crippen molar-refractivity contribution in [3.8, 4) is 22.6 Å². The van der Waals surface area contributed by atoms with E-state index in [9.17, 15) is 9.59 Å². The Bertz CT molecular complexity index is 1020. The number of thiazole rings is 1. The van der Waals surface area contributed by atoms with Crippen LogP contribution in [0.2, 0.25) is 0 Å². The van der Waals surface area contributed by atoms with Crippen molar-refractivity contribution in [2.75, 3.05) is 19.5 Å². The first kappa shape index (κ1) is 19.7. The molecule has 6 nitrogen and oxygen atoms in total. The summed E-state index contributed by atoms with van der Waals surface area (Å²) < 4.78 is 12.3. The lowest BCUT2D eigenvalue weighted by Gasteiger charge is -2.13. The number of nitrogens with one attached hydrogen (secondary N) is 1. The van der Waals surface area contributed by atoms with E-state index in [0.717, 1.165) is 33.9 Å². The lowest BCUT2D eigenvalue weighted by atomic mass is 10.0. The fraction of sp³-hybridized carbons (Fsp3) is 0.238. The number of hydrogen-bond donors (Lipinski definition) is 1. The molecule has 0 unspecified atom stereocenters. The molecule has 0 aliphatic carbocycles. The highest BCUT2D eigenvalue weighted by Crippen LogP contribution is 2.33. The van der Waals surface area contributed by atoms with Gasteiger partial charge in [-0.2, -0.15) is 0 Å². The topological polar surface area (TPSA) is 69.6 Å². The van der Waals surface area contributed by atoms with Gasteiger partial charge in [-0.1, -0.05) is 23.5 Å². The molecule has 0 radical (unpaired) electrons. The molecule has 146 valence electrons. The fourth-order valence-corrected chi connectivity index (χ4v) is 3.65. The van der Waals surface area contributed by atoms with Crippen molar-refractivity contribution < 1.29 is 14.3 Å². The maximum Gasteiger partial charge on any atom is 0.307 e. The van der Waals surface area contributed by atoms with Gasteiger partial charge in [-0.15, -0.1) is 0 Å². The lowest BCUT2D eigenvalue weighted by molar-refractivity contribution is -0.116. The zero-order valence-electron chi connectivity index (χ0n) is 16.0. The molecule has 3 aromatic rings. The van der Waals surface area contributed by atoms with Crippen LogP contribution in [0.15, 0.2) is 52.6 Å². The summed E-state index contributed by atoms with van der Waals surface area (Å²) in [6.07, 6.45) is 0.224. The summed E-state index contributed by atoms with van der Waals surface area (Å²) >= 11 is 1.15. The van der Waals surface area contributed by atoms with Gasteiger partial charge in [0.2, 0.25) is 5.91 Å². The molecule has 1 amide bonds. The second kappa shape index (κ2) is 8.75. The van der Waals surface area contributed by atoms with Gasteiger partial charge in [0.15, 0.2) is 0 Å². The predicted octanol–water partition coefficient (Wildman–Crippen LogP) is 3.93. The summed E-state index contributed by atoms with van der Waals surface area (Å²) in [4.78, 5) is 24.1. The molecular weight excluding hydrogens is 376 g/mol.